The minimum absolute atomic E-state index is 0.243. The predicted octanol–water partition coefficient (Wildman–Crippen LogP) is 15.3. The number of ether oxygens (including phenoxy) is 4. The molecule has 2 rings (SSSR count). The minimum Gasteiger partial charge on any atom is -0.394 e. The van der Waals surface area contributed by atoms with Crippen LogP contribution in [0, 0.1) is 0 Å². The first-order valence-electron chi connectivity index (χ1n) is 36.7. The summed E-state index contributed by atoms with van der Waals surface area (Å²) in [6.45, 7) is 2.83. The average molecular weight is 1240 g/mol. The number of carbonyl (C=O) groups excluding carboxylic acids is 1. The largest absolute Gasteiger partial charge is 0.394 e. The molecule has 1 amide bonds. The number of aliphatic hydroxyl groups excluding tert-OH is 8. The Bertz CT molecular complexity index is 1600. The van der Waals surface area contributed by atoms with Gasteiger partial charge in [-0.05, 0) is 57.8 Å². The Morgan fingerprint density at radius 3 is 1.13 bits per heavy atom. The molecule has 9 N–H and O–H groups in total. The van der Waals surface area contributed by atoms with Crippen LogP contribution in [0.1, 0.15) is 328 Å². The summed E-state index contributed by atoms with van der Waals surface area (Å²) in [5, 5.41) is 87.5. The van der Waals surface area contributed by atoms with Gasteiger partial charge in [-0.3, -0.25) is 4.79 Å². The van der Waals surface area contributed by atoms with E-state index in [0.717, 1.165) is 32.1 Å². The first-order chi connectivity index (χ1) is 42.6. The number of rotatable bonds is 61. The maximum Gasteiger partial charge on any atom is 0.220 e. The molecule has 2 heterocycles. The number of hydrogen-bond donors (Lipinski definition) is 9. The molecule has 12 atom stereocenters. The third-order valence-electron chi connectivity index (χ3n) is 18.0. The van der Waals surface area contributed by atoms with E-state index >= 15 is 0 Å². The molecule has 0 aromatic heterocycles. The lowest BCUT2D eigenvalue weighted by Gasteiger charge is -2.46. The second-order valence-electron chi connectivity index (χ2n) is 26.1. The van der Waals surface area contributed by atoms with Crippen LogP contribution in [0.5, 0.6) is 0 Å². The molecule has 2 fully saturated rings. The molecule has 0 aromatic carbocycles. The topological polar surface area (TPSA) is 228 Å². The van der Waals surface area contributed by atoms with Crippen molar-refractivity contribution in [1.82, 2.24) is 5.32 Å². The highest BCUT2D eigenvalue weighted by molar-refractivity contribution is 5.76. The molecule has 0 radical (unpaired) electrons. The second kappa shape index (κ2) is 58.1. The average Bonchev–Trinajstić information content (AvgIpc) is 2.58. The Kier molecular flexibility index (Phi) is 54.3. The summed E-state index contributed by atoms with van der Waals surface area (Å²) in [5.74, 6) is -0.243. The van der Waals surface area contributed by atoms with Crippen molar-refractivity contribution in [3.63, 3.8) is 0 Å². The van der Waals surface area contributed by atoms with Gasteiger partial charge in [0.2, 0.25) is 5.91 Å². The Morgan fingerprint density at radius 2 is 0.736 bits per heavy atom. The van der Waals surface area contributed by atoms with Gasteiger partial charge >= 0.3 is 0 Å². The van der Waals surface area contributed by atoms with E-state index in [-0.39, 0.29) is 18.9 Å². The summed E-state index contributed by atoms with van der Waals surface area (Å²) in [6, 6.07) is -0.932. The molecular weight excluding hydrogens is 1100 g/mol. The Labute approximate surface area is 531 Å². The summed E-state index contributed by atoms with van der Waals surface area (Å²) < 4.78 is 22.9. The SMILES string of the molecule is CCCCCCCCCC/C=C\CCCCCCCCCCCCCCCCCC(=O)NC(COC1OC(CO)C(OC2OC(CO)C(O)C(O)C2O)C(O)C1O)C(O)/C=C/CC/C=C/CCCCCCCCCCCCCCCCCCCCCC. The van der Waals surface area contributed by atoms with Gasteiger partial charge in [-0.25, -0.2) is 0 Å². The fraction of sp³-hybridized carbons (Fsp3) is 0.904. The Balaban J connectivity index is 1.68. The van der Waals surface area contributed by atoms with Crippen LogP contribution in [0.25, 0.3) is 0 Å². The molecule has 87 heavy (non-hydrogen) atoms. The van der Waals surface area contributed by atoms with Crippen molar-refractivity contribution in [3.05, 3.63) is 36.5 Å². The van der Waals surface area contributed by atoms with Crippen molar-refractivity contribution < 1.29 is 64.6 Å². The lowest BCUT2D eigenvalue weighted by atomic mass is 9.97. The van der Waals surface area contributed by atoms with Crippen LogP contribution in [-0.4, -0.2) is 140 Å². The van der Waals surface area contributed by atoms with E-state index in [1.165, 1.54) is 263 Å². The highest BCUT2D eigenvalue weighted by atomic mass is 16.7. The van der Waals surface area contributed by atoms with Gasteiger partial charge < -0.3 is 65.1 Å². The van der Waals surface area contributed by atoms with Crippen LogP contribution in [0.15, 0.2) is 36.5 Å². The fourth-order valence-corrected chi connectivity index (χ4v) is 12.2. The van der Waals surface area contributed by atoms with E-state index in [0.29, 0.717) is 12.8 Å². The number of hydrogen-bond acceptors (Lipinski definition) is 13. The third-order valence-corrected chi connectivity index (χ3v) is 18.0. The molecule has 0 bridgehead atoms. The van der Waals surface area contributed by atoms with E-state index < -0.39 is 86.8 Å². The fourth-order valence-electron chi connectivity index (χ4n) is 12.2. The van der Waals surface area contributed by atoms with Gasteiger partial charge in [0.1, 0.15) is 48.8 Å². The molecule has 2 aliphatic heterocycles. The van der Waals surface area contributed by atoms with Crippen LogP contribution in [0.2, 0.25) is 0 Å². The highest BCUT2D eigenvalue weighted by Crippen LogP contribution is 2.30. The van der Waals surface area contributed by atoms with Gasteiger partial charge in [-0.2, -0.15) is 0 Å². The van der Waals surface area contributed by atoms with E-state index in [9.17, 15) is 45.6 Å². The molecular formula is C73H137NO13. The molecule has 12 unspecified atom stereocenters. The number of carbonyl (C=O) groups is 1. The van der Waals surface area contributed by atoms with Crippen LogP contribution in [-0.2, 0) is 23.7 Å². The van der Waals surface area contributed by atoms with E-state index in [1.54, 1.807) is 6.08 Å². The quantitative estimate of drug-likeness (QED) is 0.0204. The van der Waals surface area contributed by atoms with Crippen molar-refractivity contribution in [1.29, 1.82) is 0 Å². The normalized spacial score (nSPS) is 23.4. The number of amides is 1. The molecule has 14 nitrogen and oxygen atoms in total. The van der Waals surface area contributed by atoms with Crippen LogP contribution >= 0.6 is 0 Å². The molecule has 14 heteroatoms. The number of allylic oxidation sites excluding steroid dienone is 5. The standard InChI is InChI=1S/C73H137NO13/c1-3-5-7-9-11-13-15-17-19-21-23-25-27-29-31-33-35-37-39-41-43-45-47-49-51-53-55-57-65(78)74-61(60-84-72-70(83)68(81)71(64(59-76)86-72)87-73-69(82)67(80)66(79)63(58-75)85-73)62(77)56-54-52-50-48-46-44-42-40-38-36-34-32-30-28-26-24-22-20-18-16-14-12-10-8-6-4-2/h21,23,46,48,54,56,61-64,66-73,75-77,79-83H,3-20,22,24-45,47,49-53,55,57-60H2,1-2H3,(H,74,78)/b23-21-,48-46+,56-54+. The third kappa shape index (κ3) is 42.1. The summed E-state index contributed by atoms with van der Waals surface area (Å²) in [6.07, 6.45) is 57.8. The zero-order valence-corrected chi connectivity index (χ0v) is 55.8. The summed E-state index contributed by atoms with van der Waals surface area (Å²) in [5.41, 5.74) is 0. The van der Waals surface area contributed by atoms with Gasteiger partial charge in [0, 0.05) is 6.42 Å². The van der Waals surface area contributed by atoms with Crippen molar-refractivity contribution in [3.8, 4) is 0 Å². The maximum atomic E-state index is 13.3. The van der Waals surface area contributed by atoms with E-state index in [1.807, 2.05) is 6.08 Å². The molecule has 512 valence electrons. The first kappa shape index (κ1) is 81.3. The predicted molar refractivity (Wildman–Crippen MR) is 355 cm³/mol. The molecule has 0 saturated carbocycles. The van der Waals surface area contributed by atoms with Gasteiger partial charge in [-0.15, -0.1) is 0 Å². The second-order valence-corrected chi connectivity index (χ2v) is 26.1. The lowest BCUT2D eigenvalue weighted by Crippen LogP contribution is -2.65. The molecule has 2 saturated heterocycles. The van der Waals surface area contributed by atoms with Gasteiger partial charge in [-0.1, -0.05) is 301 Å². The molecule has 0 spiro atoms. The van der Waals surface area contributed by atoms with Crippen LogP contribution < -0.4 is 5.32 Å². The summed E-state index contributed by atoms with van der Waals surface area (Å²) in [4.78, 5) is 13.3. The Morgan fingerprint density at radius 1 is 0.402 bits per heavy atom. The van der Waals surface area contributed by atoms with Crippen molar-refractivity contribution in [2.75, 3.05) is 19.8 Å². The van der Waals surface area contributed by atoms with Crippen molar-refractivity contribution >= 4 is 5.91 Å². The molecule has 0 aliphatic carbocycles. The summed E-state index contributed by atoms with van der Waals surface area (Å²) >= 11 is 0. The van der Waals surface area contributed by atoms with Crippen LogP contribution in [0.4, 0.5) is 0 Å². The van der Waals surface area contributed by atoms with Gasteiger partial charge in [0.25, 0.3) is 0 Å². The Hall–Kier alpha value is -1.79. The zero-order valence-electron chi connectivity index (χ0n) is 55.8. The highest BCUT2D eigenvalue weighted by Gasteiger charge is 2.51. The molecule has 0 aromatic rings. The van der Waals surface area contributed by atoms with Crippen molar-refractivity contribution in [2.24, 2.45) is 0 Å². The van der Waals surface area contributed by atoms with Gasteiger partial charge in [0.05, 0.1) is 32.0 Å². The van der Waals surface area contributed by atoms with E-state index in [4.69, 9.17) is 18.9 Å². The zero-order chi connectivity index (χ0) is 63.1. The summed E-state index contributed by atoms with van der Waals surface area (Å²) in [7, 11) is 0. The number of aliphatic hydroxyl groups is 8. The van der Waals surface area contributed by atoms with Crippen LogP contribution in [0.3, 0.4) is 0 Å². The molecule has 2 aliphatic rings. The monoisotopic (exact) mass is 1240 g/mol. The lowest BCUT2D eigenvalue weighted by molar-refractivity contribution is -0.359. The van der Waals surface area contributed by atoms with Gasteiger partial charge in [0.15, 0.2) is 12.6 Å². The first-order valence-corrected chi connectivity index (χ1v) is 36.7. The smallest absolute Gasteiger partial charge is 0.220 e. The van der Waals surface area contributed by atoms with Crippen molar-refractivity contribution in [2.45, 2.75) is 402 Å². The minimum atomic E-state index is -1.79. The number of nitrogens with one attached hydrogen (secondary N) is 1. The number of unbranched alkanes of at least 4 members (excludes halogenated alkanes) is 44. The van der Waals surface area contributed by atoms with E-state index in [2.05, 4.69) is 43.5 Å². The maximum absolute atomic E-state index is 13.3.